The Morgan fingerprint density at radius 2 is 2.06 bits per heavy atom. The minimum atomic E-state index is -3.56. The summed E-state index contributed by atoms with van der Waals surface area (Å²) in [5, 5.41) is 8.97. The van der Waals surface area contributed by atoms with Crippen molar-refractivity contribution < 1.29 is 13.5 Å². The average Bonchev–Trinajstić information content (AvgIpc) is 2.34. The van der Waals surface area contributed by atoms with E-state index < -0.39 is 10.0 Å². The van der Waals surface area contributed by atoms with Crippen molar-refractivity contribution in [3.63, 3.8) is 0 Å². The maximum Gasteiger partial charge on any atom is 0.243 e. The molecule has 0 bridgehead atoms. The van der Waals surface area contributed by atoms with Gasteiger partial charge in [0.05, 0.1) is 11.5 Å². The Bertz CT molecular complexity index is 474. The molecule has 0 spiro atoms. The van der Waals surface area contributed by atoms with E-state index in [1.165, 1.54) is 16.4 Å². The summed E-state index contributed by atoms with van der Waals surface area (Å²) >= 11 is 0. The molecule has 0 radical (unpaired) electrons. The van der Waals surface area contributed by atoms with Gasteiger partial charge in [-0.05, 0) is 24.6 Å². The van der Waals surface area contributed by atoms with Crippen LogP contribution in [0.4, 0.5) is 5.69 Å². The van der Waals surface area contributed by atoms with Crippen LogP contribution in [0, 0.1) is 0 Å². The monoisotopic (exact) mass is 272 g/mol. The minimum absolute atomic E-state index is 0.108. The zero-order valence-corrected chi connectivity index (χ0v) is 11.4. The van der Waals surface area contributed by atoms with E-state index in [1.54, 1.807) is 12.1 Å². The van der Waals surface area contributed by atoms with Crippen molar-refractivity contribution in [3.05, 3.63) is 24.3 Å². The highest BCUT2D eigenvalue weighted by Gasteiger charge is 2.23. The van der Waals surface area contributed by atoms with Gasteiger partial charge in [-0.15, -0.1) is 0 Å². The molecule has 0 fully saturated rings. The van der Waals surface area contributed by atoms with Crippen LogP contribution in [0.3, 0.4) is 0 Å². The summed E-state index contributed by atoms with van der Waals surface area (Å²) < 4.78 is 26.0. The highest BCUT2D eigenvalue weighted by atomic mass is 32.2. The van der Waals surface area contributed by atoms with Gasteiger partial charge in [-0.1, -0.05) is 19.4 Å². The van der Waals surface area contributed by atoms with Crippen molar-refractivity contribution in [2.75, 3.05) is 25.4 Å². The number of nitrogens with two attached hydrogens (primary N) is 1. The summed E-state index contributed by atoms with van der Waals surface area (Å²) in [6, 6.07) is 6.20. The van der Waals surface area contributed by atoms with Crippen LogP contribution in [-0.2, 0) is 10.0 Å². The van der Waals surface area contributed by atoms with Gasteiger partial charge < -0.3 is 10.8 Å². The van der Waals surface area contributed by atoms with E-state index in [2.05, 4.69) is 0 Å². The van der Waals surface area contributed by atoms with Gasteiger partial charge in [0.2, 0.25) is 10.0 Å². The summed E-state index contributed by atoms with van der Waals surface area (Å²) in [5.41, 5.74) is 6.01. The molecular weight excluding hydrogens is 252 g/mol. The van der Waals surface area contributed by atoms with Gasteiger partial charge in [0.1, 0.15) is 0 Å². The topological polar surface area (TPSA) is 83.6 Å². The first kappa shape index (κ1) is 14.9. The molecule has 0 saturated carbocycles. The van der Waals surface area contributed by atoms with Gasteiger partial charge in [-0.3, -0.25) is 0 Å². The smallest absolute Gasteiger partial charge is 0.243 e. The fraction of sp³-hybridized carbons (Fsp3) is 0.500. The third-order valence-corrected chi connectivity index (χ3v) is 4.50. The number of rotatable bonds is 7. The normalized spacial score (nSPS) is 11.9. The van der Waals surface area contributed by atoms with E-state index in [0.717, 1.165) is 12.8 Å². The van der Waals surface area contributed by atoms with Gasteiger partial charge in [0, 0.05) is 18.8 Å². The predicted molar refractivity (Wildman–Crippen MR) is 71.6 cm³/mol. The molecule has 18 heavy (non-hydrogen) atoms. The van der Waals surface area contributed by atoms with Crippen LogP contribution in [0.5, 0.6) is 0 Å². The molecule has 0 aliphatic heterocycles. The first-order chi connectivity index (χ1) is 8.52. The fourth-order valence-electron chi connectivity index (χ4n) is 1.62. The summed E-state index contributed by atoms with van der Waals surface area (Å²) in [5.74, 6) is 0. The first-order valence-corrected chi connectivity index (χ1v) is 7.43. The zero-order chi connectivity index (χ0) is 13.6. The summed E-state index contributed by atoms with van der Waals surface area (Å²) in [7, 11) is -3.56. The Balaban J connectivity index is 3.00. The van der Waals surface area contributed by atoms with E-state index in [4.69, 9.17) is 10.8 Å². The lowest BCUT2D eigenvalue weighted by Gasteiger charge is -2.21. The lowest BCUT2D eigenvalue weighted by atomic mass is 10.3. The molecule has 0 atom stereocenters. The molecule has 102 valence electrons. The lowest BCUT2D eigenvalue weighted by molar-refractivity contribution is 0.252. The third-order valence-electron chi connectivity index (χ3n) is 2.61. The number of nitrogen functional groups attached to an aromatic ring is 1. The van der Waals surface area contributed by atoms with Crippen molar-refractivity contribution in [1.29, 1.82) is 0 Å². The maximum atomic E-state index is 12.3. The second kappa shape index (κ2) is 6.72. The minimum Gasteiger partial charge on any atom is -0.399 e. The van der Waals surface area contributed by atoms with E-state index in [9.17, 15) is 8.42 Å². The van der Waals surface area contributed by atoms with Crippen LogP contribution in [-0.4, -0.2) is 37.5 Å². The highest BCUT2D eigenvalue weighted by molar-refractivity contribution is 7.89. The number of aliphatic hydroxyl groups excluding tert-OH is 1. The van der Waals surface area contributed by atoms with Crippen molar-refractivity contribution in [2.45, 2.75) is 24.7 Å². The molecule has 0 aliphatic rings. The average molecular weight is 272 g/mol. The molecule has 0 aliphatic carbocycles. The number of unbranched alkanes of at least 4 members (excludes halogenated alkanes) is 1. The molecule has 1 aromatic carbocycles. The van der Waals surface area contributed by atoms with Crippen LogP contribution >= 0.6 is 0 Å². The molecule has 0 unspecified atom stereocenters. The second-order valence-corrected chi connectivity index (χ2v) is 5.99. The van der Waals surface area contributed by atoms with Crippen LogP contribution in [0.25, 0.3) is 0 Å². The molecule has 1 aromatic rings. The van der Waals surface area contributed by atoms with Gasteiger partial charge in [-0.2, -0.15) is 4.31 Å². The number of aliphatic hydroxyl groups is 1. The van der Waals surface area contributed by atoms with Crippen molar-refractivity contribution in [2.24, 2.45) is 0 Å². The summed E-state index contributed by atoms with van der Waals surface area (Å²) in [6.45, 7) is 2.32. The van der Waals surface area contributed by atoms with Crippen molar-refractivity contribution in [3.8, 4) is 0 Å². The number of sulfonamides is 1. The van der Waals surface area contributed by atoms with E-state index in [1.807, 2.05) is 6.92 Å². The van der Waals surface area contributed by atoms with Crippen LogP contribution in [0.1, 0.15) is 19.8 Å². The van der Waals surface area contributed by atoms with E-state index in [0.29, 0.717) is 12.2 Å². The summed E-state index contributed by atoms with van der Waals surface area (Å²) in [4.78, 5) is 0.173. The molecule has 0 saturated heterocycles. The summed E-state index contributed by atoms with van der Waals surface area (Å²) in [6.07, 6.45) is 1.66. The number of nitrogens with zero attached hydrogens (tertiary/aromatic N) is 1. The van der Waals surface area contributed by atoms with Crippen LogP contribution in [0.15, 0.2) is 29.2 Å². The molecule has 6 heteroatoms. The number of anilines is 1. The predicted octanol–water partition coefficient (Wildman–Crippen LogP) is 1.05. The molecular formula is C12H20N2O3S. The number of benzene rings is 1. The molecule has 3 N–H and O–H groups in total. The van der Waals surface area contributed by atoms with Gasteiger partial charge >= 0.3 is 0 Å². The lowest BCUT2D eigenvalue weighted by Crippen LogP contribution is -2.34. The second-order valence-electron chi connectivity index (χ2n) is 4.05. The first-order valence-electron chi connectivity index (χ1n) is 5.99. The molecule has 0 amide bonds. The van der Waals surface area contributed by atoms with Crippen LogP contribution in [0.2, 0.25) is 0 Å². The Hall–Kier alpha value is -1.11. The van der Waals surface area contributed by atoms with E-state index >= 15 is 0 Å². The van der Waals surface area contributed by atoms with Gasteiger partial charge in [0.25, 0.3) is 0 Å². The quantitative estimate of drug-likeness (QED) is 0.727. The third kappa shape index (κ3) is 3.69. The molecule has 0 heterocycles. The van der Waals surface area contributed by atoms with Crippen LogP contribution < -0.4 is 5.73 Å². The fourth-order valence-corrected chi connectivity index (χ4v) is 3.15. The van der Waals surface area contributed by atoms with Crippen molar-refractivity contribution >= 4 is 15.7 Å². The number of hydrogen-bond acceptors (Lipinski definition) is 4. The molecule has 5 nitrogen and oxygen atoms in total. The Morgan fingerprint density at radius 3 is 2.61 bits per heavy atom. The van der Waals surface area contributed by atoms with E-state index in [-0.39, 0.29) is 18.0 Å². The highest BCUT2D eigenvalue weighted by Crippen LogP contribution is 2.18. The van der Waals surface area contributed by atoms with Gasteiger partial charge in [0.15, 0.2) is 0 Å². The largest absolute Gasteiger partial charge is 0.399 e. The standard InChI is InChI=1S/C12H20N2O3S/c1-2-3-7-14(8-9-15)18(16,17)12-6-4-5-11(13)10-12/h4-6,10,15H,2-3,7-9,13H2,1H3. The molecule has 0 aromatic heterocycles. The Morgan fingerprint density at radius 1 is 1.33 bits per heavy atom. The Labute approximate surface area is 108 Å². The molecule has 1 rings (SSSR count). The number of hydrogen-bond donors (Lipinski definition) is 2. The van der Waals surface area contributed by atoms with Gasteiger partial charge in [-0.25, -0.2) is 8.42 Å². The Kier molecular flexibility index (Phi) is 5.58. The maximum absolute atomic E-state index is 12.3. The SMILES string of the molecule is CCCCN(CCO)S(=O)(=O)c1cccc(N)c1. The van der Waals surface area contributed by atoms with Crippen molar-refractivity contribution in [1.82, 2.24) is 4.31 Å². The zero-order valence-electron chi connectivity index (χ0n) is 10.5.